The van der Waals surface area contributed by atoms with E-state index >= 15 is 0 Å². The summed E-state index contributed by atoms with van der Waals surface area (Å²) in [4.78, 5) is 0. The van der Waals surface area contributed by atoms with Gasteiger partial charge in [-0.2, -0.15) is 0 Å². The second kappa shape index (κ2) is 5.69. The van der Waals surface area contributed by atoms with E-state index in [4.69, 9.17) is 4.42 Å². The standard InChI is InChI=1S/C15H19NO/c1-3-5-10-16-11-13-12-8-6-7-9-15(12)17-14(13)4-2/h3,6-9,16H,1,4-5,10-11H2,2H3. The Labute approximate surface area is 102 Å². The second-order valence-corrected chi connectivity index (χ2v) is 4.11. The van der Waals surface area contributed by atoms with Crippen LogP contribution in [0.1, 0.15) is 24.7 Å². The molecule has 1 aromatic heterocycles. The van der Waals surface area contributed by atoms with E-state index in [1.807, 2.05) is 18.2 Å². The molecule has 0 aliphatic carbocycles. The van der Waals surface area contributed by atoms with Crippen LogP contribution in [0.3, 0.4) is 0 Å². The third-order valence-electron chi connectivity index (χ3n) is 2.93. The van der Waals surface area contributed by atoms with Crippen LogP contribution >= 0.6 is 0 Å². The number of para-hydroxylation sites is 1. The van der Waals surface area contributed by atoms with E-state index < -0.39 is 0 Å². The minimum absolute atomic E-state index is 0.869. The van der Waals surface area contributed by atoms with E-state index in [1.165, 1.54) is 10.9 Å². The summed E-state index contributed by atoms with van der Waals surface area (Å²) in [7, 11) is 0. The average Bonchev–Trinajstić information content (AvgIpc) is 2.73. The Morgan fingerprint density at radius 1 is 1.35 bits per heavy atom. The smallest absolute Gasteiger partial charge is 0.134 e. The summed E-state index contributed by atoms with van der Waals surface area (Å²) in [6, 6.07) is 8.23. The second-order valence-electron chi connectivity index (χ2n) is 4.11. The van der Waals surface area contributed by atoms with E-state index in [9.17, 15) is 0 Å². The number of rotatable bonds is 6. The van der Waals surface area contributed by atoms with Crippen LogP contribution in [0.15, 0.2) is 41.3 Å². The first kappa shape index (κ1) is 11.9. The fourth-order valence-electron chi connectivity index (χ4n) is 2.05. The molecule has 0 unspecified atom stereocenters. The van der Waals surface area contributed by atoms with Gasteiger partial charge in [-0.25, -0.2) is 0 Å². The third-order valence-corrected chi connectivity index (χ3v) is 2.93. The highest BCUT2D eigenvalue weighted by Crippen LogP contribution is 2.25. The van der Waals surface area contributed by atoms with Crippen molar-refractivity contribution in [1.29, 1.82) is 0 Å². The van der Waals surface area contributed by atoms with E-state index in [1.54, 1.807) is 0 Å². The minimum atomic E-state index is 0.869. The molecule has 2 nitrogen and oxygen atoms in total. The first-order valence-electron chi connectivity index (χ1n) is 6.17. The summed E-state index contributed by atoms with van der Waals surface area (Å²) in [6.45, 7) is 7.68. The zero-order chi connectivity index (χ0) is 12.1. The predicted octanol–water partition coefficient (Wildman–Crippen LogP) is 3.66. The summed E-state index contributed by atoms with van der Waals surface area (Å²) in [5.41, 5.74) is 2.29. The number of furan rings is 1. The van der Waals surface area contributed by atoms with Crippen LogP contribution in [0.2, 0.25) is 0 Å². The van der Waals surface area contributed by atoms with Gasteiger partial charge in [0.15, 0.2) is 0 Å². The normalized spacial score (nSPS) is 10.9. The maximum atomic E-state index is 5.85. The molecule has 0 bridgehead atoms. The summed E-state index contributed by atoms with van der Waals surface area (Å²) in [5.74, 6) is 1.09. The molecule has 1 aromatic carbocycles. The minimum Gasteiger partial charge on any atom is -0.461 e. The molecule has 0 aliphatic rings. The molecule has 90 valence electrons. The lowest BCUT2D eigenvalue weighted by Gasteiger charge is -2.03. The van der Waals surface area contributed by atoms with Crippen LogP contribution in [0, 0.1) is 0 Å². The van der Waals surface area contributed by atoms with Crippen molar-refractivity contribution in [2.75, 3.05) is 6.54 Å². The molecule has 0 amide bonds. The van der Waals surface area contributed by atoms with Gasteiger partial charge >= 0.3 is 0 Å². The SMILES string of the molecule is C=CCCNCc1c(CC)oc2ccccc12. The van der Waals surface area contributed by atoms with Crippen molar-refractivity contribution in [1.82, 2.24) is 5.32 Å². The van der Waals surface area contributed by atoms with Gasteiger partial charge in [0.2, 0.25) is 0 Å². The number of aryl methyl sites for hydroxylation is 1. The molecule has 0 aliphatic heterocycles. The lowest BCUT2D eigenvalue weighted by Crippen LogP contribution is -2.14. The molecule has 0 fully saturated rings. The van der Waals surface area contributed by atoms with Gasteiger partial charge in [0.1, 0.15) is 11.3 Å². The van der Waals surface area contributed by atoms with E-state index in [2.05, 4.69) is 31.0 Å². The Kier molecular flexibility index (Phi) is 3.99. The Bertz CT molecular complexity index is 499. The summed E-state index contributed by atoms with van der Waals surface area (Å²) in [5, 5.41) is 4.66. The Morgan fingerprint density at radius 3 is 2.94 bits per heavy atom. The maximum Gasteiger partial charge on any atom is 0.134 e. The van der Waals surface area contributed by atoms with Crippen LogP contribution < -0.4 is 5.32 Å². The molecule has 0 radical (unpaired) electrons. The molecule has 0 atom stereocenters. The zero-order valence-corrected chi connectivity index (χ0v) is 10.3. The monoisotopic (exact) mass is 229 g/mol. The number of fused-ring (bicyclic) bond motifs is 1. The molecule has 1 N–H and O–H groups in total. The van der Waals surface area contributed by atoms with Gasteiger partial charge in [0, 0.05) is 23.9 Å². The highest BCUT2D eigenvalue weighted by molar-refractivity contribution is 5.82. The molecule has 0 saturated carbocycles. The van der Waals surface area contributed by atoms with Gasteiger partial charge in [-0.05, 0) is 19.0 Å². The Hall–Kier alpha value is -1.54. The number of hydrogen-bond donors (Lipinski definition) is 1. The fraction of sp³-hybridized carbons (Fsp3) is 0.333. The Balaban J connectivity index is 2.21. The van der Waals surface area contributed by atoms with E-state index in [0.29, 0.717) is 0 Å². The first-order chi connectivity index (χ1) is 8.36. The van der Waals surface area contributed by atoms with Crippen molar-refractivity contribution >= 4 is 11.0 Å². The predicted molar refractivity (Wildman–Crippen MR) is 72.1 cm³/mol. The van der Waals surface area contributed by atoms with Gasteiger partial charge in [-0.3, -0.25) is 0 Å². The lowest BCUT2D eigenvalue weighted by atomic mass is 10.1. The molecule has 2 aromatic rings. The average molecular weight is 229 g/mol. The van der Waals surface area contributed by atoms with Gasteiger partial charge < -0.3 is 9.73 Å². The van der Waals surface area contributed by atoms with Gasteiger partial charge in [-0.15, -0.1) is 6.58 Å². The molecule has 0 spiro atoms. The van der Waals surface area contributed by atoms with E-state index in [0.717, 1.165) is 37.3 Å². The molecule has 1 heterocycles. The molecule has 0 saturated heterocycles. The summed E-state index contributed by atoms with van der Waals surface area (Å²) in [6.07, 6.45) is 3.87. The molecule has 2 rings (SSSR count). The summed E-state index contributed by atoms with van der Waals surface area (Å²) < 4.78 is 5.85. The highest BCUT2D eigenvalue weighted by Gasteiger charge is 2.11. The largest absolute Gasteiger partial charge is 0.461 e. The van der Waals surface area contributed by atoms with Crippen LogP contribution in [0.5, 0.6) is 0 Å². The van der Waals surface area contributed by atoms with Crippen molar-refractivity contribution in [2.24, 2.45) is 0 Å². The highest BCUT2D eigenvalue weighted by atomic mass is 16.3. The van der Waals surface area contributed by atoms with Crippen molar-refractivity contribution < 1.29 is 4.42 Å². The molecular formula is C15H19NO. The van der Waals surface area contributed by atoms with Crippen LogP contribution in [0.4, 0.5) is 0 Å². The van der Waals surface area contributed by atoms with Crippen molar-refractivity contribution in [3.05, 3.63) is 48.2 Å². The number of hydrogen-bond acceptors (Lipinski definition) is 2. The van der Waals surface area contributed by atoms with Gasteiger partial charge in [0.05, 0.1) is 0 Å². The van der Waals surface area contributed by atoms with Crippen molar-refractivity contribution in [3.63, 3.8) is 0 Å². The lowest BCUT2D eigenvalue weighted by molar-refractivity contribution is 0.544. The third kappa shape index (κ3) is 2.59. The molecule has 17 heavy (non-hydrogen) atoms. The van der Waals surface area contributed by atoms with Gasteiger partial charge in [0.25, 0.3) is 0 Å². The Morgan fingerprint density at radius 2 is 2.18 bits per heavy atom. The molecular weight excluding hydrogens is 210 g/mol. The number of benzene rings is 1. The van der Waals surface area contributed by atoms with Crippen molar-refractivity contribution in [3.8, 4) is 0 Å². The van der Waals surface area contributed by atoms with E-state index in [-0.39, 0.29) is 0 Å². The van der Waals surface area contributed by atoms with Crippen LogP contribution in [-0.2, 0) is 13.0 Å². The topological polar surface area (TPSA) is 25.2 Å². The quantitative estimate of drug-likeness (QED) is 0.604. The van der Waals surface area contributed by atoms with Crippen molar-refractivity contribution in [2.45, 2.75) is 26.3 Å². The van der Waals surface area contributed by atoms with Gasteiger partial charge in [-0.1, -0.05) is 31.2 Å². The van der Waals surface area contributed by atoms with Crippen LogP contribution in [-0.4, -0.2) is 6.54 Å². The first-order valence-corrected chi connectivity index (χ1v) is 6.17. The summed E-state index contributed by atoms with van der Waals surface area (Å²) >= 11 is 0. The maximum absolute atomic E-state index is 5.85. The zero-order valence-electron chi connectivity index (χ0n) is 10.3. The number of nitrogens with one attached hydrogen (secondary N) is 1. The molecule has 2 heteroatoms. The van der Waals surface area contributed by atoms with Crippen LogP contribution in [0.25, 0.3) is 11.0 Å². The fourth-order valence-corrected chi connectivity index (χ4v) is 2.05.